The number of hydrogen-bond donors (Lipinski definition) is 1. The Labute approximate surface area is 171 Å². The number of nitrogens with one attached hydrogen (secondary N) is 1. The Morgan fingerprint density at radius 2 is 2.07 bits per heavy atom. The van der Waals surface area contributed by atoms with Crippen molar-refractivity contribution < 1.29 is 4.79 Å². The second-order valence-corrected chi connectivity index (χ2v) is 8.89. The third kappa shape index (κ3) is 4.77. The van der Waals surface area contributed by atoms with Crippen LogP contribution >= 0.6 is 11.8 Å². The van der Waals surface area contributed by atoms with Gasteiger partial charge in [-0.1, -0.05) is 63.9 Å². The molecule has 1 aromatic carbocycles. The van der Waals surface area contributed by atoms with Crippen LogP contribution in [-0.4, -0.2) is 27.3 Å². The summed E-state index contributed by atoms with van der Waals surface area (Å²) in [5, 5.41) is 4.48. The van der Waals surface area contributed by atoms with Gasteiger partial charge < -0.3 is 5.32 Å². The Hall–Kier alpha value is -1.82. The second-order valence-electron chi connectivity index (χ2n) is 7.95. The molecule has 152 valence electrons. The van der Waals surface area contributed by atoms with Gasteiger partial charge in [-0.3, -0.25) is 14.2 Å². The highest BCUT2D eigenvalue weighted by atomic mass is 32.2. The van der Waals surface area contributed by atoms with Crippen LogP contribution in [0.4, 0.5) is 0 Å². The lowest BCUT2D eigenvalue weighted by atomic mass is 9.78. The number of rotatable bonds is 7. The number of fused-ring (bicyclic) bond motifs is 1. The molecule has 1 fully saturated rings. The molecule has 0 unspecified atom stereocenters. The summed E-state index contributed by atoms with van der Waals surface area (Å²) >= 11 is 1.37. The maximum Gasteiger partial charge on any atom is 0.262 e. The van der Waals surface area contributed by atoms with Gasteiger partial charge in [-0.05, 0) is 36.8 Å². The molecule has 1 heterocycles. The molecule has 1 aliphatic carbocycles. The minimum atomic E-state index is -0.0170. The molecule has 0 bridgehead atoms. The fraction of sp³-hybridized carbons (Fsp3) is 0.591. The maximum absolute atomic E-state index is 12.9. The fourth-order valence-electron chi connectivity index (χ4n) is 3.94. The predicted octanol–water partition coefficient (Wildman–Crippen LogP) is 4.23. The lowest BCUT2D eigenvalue weighted by Gasteiger charge is -2.34. The summed E-state index contributed by atoms with van der Waals surface area (Å²) in [7, 11) is 0. The minimum absolute atomic E-state index is 0.0170. The van der Waals surface area contributed by atoms with Crippen molar-refractivity contribution in [2.24, 2.45) is 11.8 Å². The Balaban J connectivity index is 1.73. The van der Waals surface area contributed by atoms with Gasteiger partial charge in [0.25, 0.3) is 5.56 Å². The molecule has 1 amide bonds. The van der Waals surface area contributed by atoms with Gasteiger partial charge in [0.05, 0.1) is 16.7 Å². The van der Waals surface area contributed by atoms with Gasteiger partial charge >= 0.3 is 0 Å². The largest absolute Gasteiger partial charge is 0.352 e. The number of thioether (sulfide) groups is 1. The standard InChI is InChI=1S/C22H31N3O2S/c1-4-5-13-25-21(27)17-10-6-7-11-19(17)24-22(25)28-14-20(26)23-18-12-8-9-15(2)16(18)3/h6-7,10-11,15-16,18H,4-5,8-9,12-14H2,1-3H3,(H,23,26)/t15-,16+,18-/m1/s1. The zero-order valence-electron chi connectivity index (χ0n) is 17.1. The van der Waals surface area contributed by atoms with Crippen LogP contribution in [0.2, 0.25) is 0 Å². The molecule has 1 aliphatic rings. The number of unbranched alkanes of at least 4 members (excludes halogenated alkanes) is 1. The van der Waals surface area contributed by atoms with E-state index in [2.05, 4.69) is 31.1 Å². The topological polar surface area (TPSA) is 64.0 Å². The smallest absolute Gasteiger partial charge is 0.262 e. The quantitative estimate of drug-likeness (QED) is 0.557. The predicted molar refractivity (Wildman–Crippen MR) is 116 cm³/mol. The summed E-state index contributed by atoms with van der Waals surface area (Å²) in [6, 6.07) is 7.68. The molecule has 0 aliphatic heterocycles. The number of hydrogen-bond acceptors (Lipinski definition) is 4. The first-order chi connectivity index (χ1) is 13.5. The Bertz CT molecular complexity index is 880. The van der Waals surface area contributed by atoms with Gasteiger partial charge in [-0.2, -0.15) is 0 Å². The monoisotopic (exact) mass is 401 g/mol. The van der Waals surface area contributed by atoms with E-state index in [0.29, 0.717) is 34.4 Å². The van der Waals surface area contributed by atoms with Crippen molar-refractivity contribution >= 4 is 28.6 Å². The van der Waals surface area contributed by atoms with E-state index in [1.807, 2.05) is 24.3 Å². The highest BCUT2D eigenvalue weighted by Gasteiger charge is 2.28. The molecule has 3 atom stereocenters. The highest BCUT2D eigenvalue weighted by molar-refractivity contribution is 7.99. The van der Waals surface area contributed by atoms with Crippen molar-refractivity contribution in [1.82, 2.24) is 14.9 Å². The molecule has 3 rings (SSSR count). The first-order valence-electron chi connectivity index (χ1n) is 10.4. The average Bonchev–Trinajstić information content (AvgIpc) is 2.69. The first-order valence-corrected chi connectivity index (χ1v) is 11.4. The SMILES string of the molecule is CCCCn1c(SCC(=O)N[C@@H]2CCC[C@@H](C)[C@@H]2C)nc2ccccc2c1=O. The lowest BCUT2D eigenvalue weighted by Crippen LogP contribution is -2.44. The minimum Gasteiger partial charge on any atom is -0.352 e. The molecule has 5 nitrogen and oxygen atoms in total. The van der Waals surface area contributed by atoms with E-state index in [0.717, 1.165) is 19.3 Å². The van der Waals surface area contributed by atoms with Gasteiger partial charge in [0, 0.05) is 12.6 Å². The van der Waals surface area contributed by atoms with E-state index in [-0.39, 0.29) is 23.3 Å². The van der Waals surface area contributed by atoms with Gasteiger partial charge in [-0.25, -0.2) is 4.98 Å². The molecule has 0 saturated heterocycles. The fourth-order valence-corrected chi connectivity index (χ4v) is 4.77. The Kier molecular flexibility index (Phi) is 7.16. The molecular weight excluding hydrogens is 370 g/mol. The van der Waals surface area contributed by atoms with Crippen molar-refractivity contribution in [3.8, 4) is 0 Å². The average molecular weight is 402 g/mol. The number of carbonyl (C=O) groups excluding carboxylic acids is 1. The number of benzene rings is 1. The molecule has 0 spiro atoms. The number of para-hydroxylation sites is 1. The maximum atomic E-state index is 12.9. The summed E-state index contributed by atoms with van der Waals surface area (Å²) in [5.41, 5.74) is 0.676. The van der Waals surface area contributed by atoms with Gasteiger partial charge in [-0.15, -0.1) is 0 Å². The summed E-state index contributed by atoms with van der Waals surface area (Å²) in [6.45, 7) is 7.23. The first kappa shape index (κ1) is 20.9. The van der Waals surface area contributed by atoms with E-state index >= 15 is 0 Å². The Morgan fingerprint density at radius 3 is 2.86 bits per heavy atom. The van der Waals surface area contributed by atoms with Crippen LogP contribution in [0.3, 0.4) is 0 Å². The molecule has 6 heteroatoms. The molecule has 28 heavy (non-hydrogen) atoms. The molecule has 1 N–H and O–H groups in total. The highest BCUT2D eigenvalue weighted by Crippen LogP contribution is 2.29. The zero-order valence-corrected chi connectivity index (χ0v) is 17.9. The number of aromatic nitrogens is 2. The van der Waals surface area contributed by atoms with Crippen LogP contribution in [0.5, 0.6) is 0 Å². The number of carbonyl (C=O) groups is 1. The van der Waals surface area contributed by atoms with Crippen LogP contribution in [0.15, 0.2) is 34.2 Å². The second kappa shape index (κ2) is 9.59. The van der Waals surface area contributed by atoms with E-state index in [4.69, 9.17) is 0 Å². The van der Waals surface area contributed by atoms with Gasteiger partial charge in [0.2, 0.25) is 5.91 Å². The van der Waals surface area contributed by atoms with Crippen LogP contribution in [-0.2, 0) is 11.3 Å². The summed E-state index contributed by atoms with van der Waals surface area (Å²) < 4.78 is 1.73. The van der Waals surface area contributed by atoms with E-state index in [9.17, 15) is 9.59 Å². The Morgan fingerprint density at radius 1 is 1.29 bits per heavy atom. The number of nitrogens with zero attached hydrogens (tertiary/aromatic N) is 2. The zero-order chi connectivity index (χ0) is 20.1. The summed E-state index contributed by atoms with van der Waals surface area (Å²) in [5.74, 6) is 1.46. The van der Waals surface area contributed by atoms with Crippen LogP contribution < -0.4 is 10.9 Å². The van der Waals surface area contributed by atoms with E-state index in [1.54, 1.807) is 4.57 Å². The molecular formula is C22H31N3O2S. The van der Waals surface area contributed by atoms with Crippen molar-refractivity contribution in [1.29, 1.82) is 0 Å². The normalized spacial score (nSPS) is 22.3. The lowest BCUT2D eigenvalue weighted by molar-refractivity contribution is -0.120. The number of amides is 1. The van der Waals surface area contributed by atoms with Crippen molar-refractivity contribution in [2.75, 3.05) is 5.75 Å². The van der Waals surface area contributed by atoms with Gasteiger partial charge in [0.1, 0.15) is 0 Å². The summed E-state index contributed by atoms with van der Waals surface area (Å²) in [6.07, 6.45) is 5.38. The molecule has 2 aromatic rings. The molecule has 0 radical (unpaired) electrons. The van der Waals surface area contributed by atoms with Crippen LogP contribution in [0.1, 0.15) is 52.9 Å². The van der Waals surface area contributed by atoms with Crippen molar-refractivity contribution in [2.45, 2.75) is 70.6 Å². The van der Waals surface area contributed by atoms with Gasteiger partial charge in [0.15, 0.2) is 5.16 Å². The van der Waals surface area contributed by atoms with E-state index < -0.39 is 0 Å². The van der Waals surface area contributed by atoms with Crippen LogP contribution in [0.25, 0.3) is 10.9 Å². The van der Waals surface area contributed by atoms with Crippen LogP contribution in [0, 0.1) is 11.8 Å². The molecule has 1 aromatic heterocycles. The third-order valence-electron chi connectivity index (χ3n) is 5.95. The van der Waals surface area contributed by atoms with Crippen molar-refractivity contribution in [3.05, 3.63) is 34.6 Å². The van der Waals surface area contributed by atoms with Crippen molar-refractivity contribution in [3.63, 3.8) is 0 Å². The summed E-state index contributed by atoms with van der Waals surface area (Å²) in [4.78, 5) is 30.1. The molecule has 1 saturated carbocycles. The van der Waals surface area contributed by atoms with E-state index in [1.165, 1.54) is 24.6 Å². The third-order valence-corrected chi connectivity index (χ3v) is 6.92.